The van der Waals surface area contributed by atoms with E-state index in [4.69, 9.17) is 11.6 Å². The van der Waals surface area contributed by atoms with Crippen LogP contribution in [0.1, 0.15) is 49.2 Å². The molecule has 1 saturated carbocycles. The number of aliphatic hydroxyl groups excluding tert-OH is 1. The molecule has 0 bridgehead atoms. The first-order valence-electron chi connectivity index (χ1n) is 11.9. The molecule has 2 atom stereocenters. The van der Waals surface area contributed by atoms with Crippen molar-refractivity contribution in [1.82, 2.24) is 9.88 Å². The number of fused-ring (bicyclic) bond motifs is 1. The Morgan fingerprint density at radius 3 is 2.73 bits per heavy atom. The molecule has 3 aliphatic rings. The molecule has 11 heteroatoms. The van der Waals surface area contributed by atoms with Gasteiger partial charge in [0.05, 0.1) is 24.0 Å². The Hall–Kier alpha value is -2.66. The van der Waals surface area contributed by atoms with Gasteiger partial charge in [0.2, 0.25) is 0 Å². The van der Waals surface area contributed by atoms with E-state index in [1.807, 2.05) is 0 Å². The van der Waals surface area contributed by atoms with Gasteiger partial charge in [0.25, 0.3) is 0 Å². The summed E-state index contributed by atoms with van der Waals surface area (Å²) in [5.74, 6) is -0.623. The molecule has 6 rings (SSSR count). The Bertz CT molecular complexity index is 1390. The van der Waals surface area contributed by atoms with Crippen LogP contribution in [0.3, 0.4) is 0 Å². The first kappa shape index (κ1) is 24.7. The van der Waals surface area contributed by atoms with Crippen molar-refractivity contribution in [3.63, 3.8) is 0 Å². The largest absolute Gasteiger partial charge is 0.586 e. The lowest BCUT2D eigenvalue weighted by Crippen LogP contribution is -2.28. The number of carbonyl (C=O) groups is 1. The monoisotopic (exact) mass is 554 g/mol. The number of likely N-dealkylation sites (tertiary alicyclic amines) is 1. The number of rotatable bonds is 7. The fourth-order valence-electron chi connectivity index (χ4n) is 5.20. The Labute approximate surface area is 222 Å². The fraction of sp³-hybridized carbons (Fsp3) is 0.385. The summed E-state index contributed by atoms with van der Waals surface area (Å²) in [5, 5.41) is 11.0. The van der Waals surface area contributed by atoms with Crippen LogP contribution in [0.15, 0.2) is 42.6 Å². The zero-order valence-electron chi connectivity index (χ0n) is 19.4. The van der Waals surface area contributed by atoms with Gasteiger partial charge in [-0.25, -0.2) is 9.37 Å². The summed E-state index contributed by atoms with van der Waals surface area (Å²) in [6.07, 6.45) is -0.560. The second-order valence-electron chi connectivity index (χ2n) is 9.67. The van der Waals surface area contributed by atoms with E-state index in [1.165, 1.54) is 35.6 Å². The molecule has 198 valence electrons. The highest BCUT2D eigenvalue weighted by Gasteiger charge is 2.52. The average Bonchev–Trinajstić information content (AvgIpc) is 3.16. The molecule has 1 N–H and O–H groups in total. The number of nitrogens with zero attached hydrogens (tertiary/aromatic N) is 2. The maximum atomic E-state index is 13.7. The van der Waals surface area contributed by atoms with Gasteiger partial charge in [0, 0.05) is 32.0 Å². The quantitative estimate of drug-likeness (QED) is 0.401. The molecule has 2 fully saturated rings. The van der Waals surface area contributed by atoms with Gasteiger partial charge >= 0.3 is 6.29 Å². The topological polar surface area (TPSA) is 71.9 Å². The molecule has 37 heavy (non-hydrogen) atoms. The summed E-state index contributed by atoms with van der Waals surface area (Å²) >= 11 is 7.78. The second kappa shape index (κ2) is 8.97. The predicted molar refractivity (Wildman–Crippen MR) is 134 cm³/mol. The number of Topliss-reactive ketones (excluding diaryl/α,β-unsaturated/α-hetero) is 1. The lowest BCUT2D eigenvalue weighted by Gasteiger charge is -2.27. The van der Waals surface area contributed by atoms with Crippen LogP contribution < -0.4 is 9.47 Å². The minimum Gasteiger partial charge on any atom is -0.395 e. The Morgan fingerprint density at radius 1 is 1.24 bits per heavy atom. The van der Waals surface area contributed by atoms with Gasteiger partial charge in [-0.3, -0.25) is 9.69 Å². The highest BCUT2D eigenvalue weighted by atomic mass is 35.5. The minimum absolute atomic E-state index is 0. The molecule has 0 spiro atoms. The number of thiazole rings is 1. The number of aromatic nitrogens is 1. The van der Waals surface area contributed by atoms with Crippen LogP contribution in [-0.2, 0) is 16.6 Å². The molecule has 1 aromatic heterocycles. The third-order valence-electron chi connectivity index (χ3n) is 7.21. The van der Waals surface area contributed by atoms with Crippen molar-refractivity contribution in [3.8, 4) is 11.5 Å². The van der Waals surface area contributed by atoms with Crippen molar-refractivity contribution in [2.24, 2.45) is 0 Å². The Morgan fingerprint density at radius 2 is 2.03 bits per heavy atom. The van der Waals surface area contributed by atoms with Crippen LogP contribution in [0.4, 0.5) is 13.2 Å². The Balaban J connectivity index is 0.00000176. The van der Waals surface area contributed by atoms with Crippen molar-refractivity contribution in [2.75, 3.05) is 13.1 Å². The van der Waals surface area contributed by atoms with Crippen molar-refractivity contribution >= 4 is 28.7 Å². The number of aliphatic hydroxyl groups is 1. The second-order valence-corrected chi connectivity index (χ2v) is 11.2. The molecule has 3 aromatic rings. The Kier molecular flexibility index (Phi) is 5.98. The van der Waals surface area contributed by atoms with Crippen LogP contribution in [0.5, 0.6) is 11.5 Å². The third-order valence-corrected chi connectivity index (χ3v) is 8.58. The number of hydrogen-bond acceptors (Lipinski definition) is 7. The average molecular weight is 555 g/mol. The minimum atomic E-state index is -3.71. The van der Waals surface area contributed by atoms with Gasteiger partial charge in [-0.2, -0.15) is 0 Å². The van der Waals surface area contributed by atoms with E-state index in [2.05, 4.69) is 19.4 Å². The number of halogens is 4. The van der Waals surface area contributed by atoms with Gasteiger partial charge in [0.1, 0.15) is 16.6 Å². The van der Waals surface area contributed by atoms with E-state index in [9.17, 15) is 23.1 Å². The maximum absolute atomic E-state index is 13.7. The van der Waals surface area contributed by atoms with Crippen LogP contribution in [0, 0.1) is 5.82 Å². The lowest BCUT2D eigenvalue weighted by atomic mass is 9.89. The van der Waals surface area contributed by atoms with Crippen molar-refractivity contribution in [3.05, 3.63) is 74.4 Å². The van der Waals surface area contributed by atoms with Gasteiger partial charge in [-0.05, 0) is 54.7 Å². The molecule has 2 aromatic carbocycles. The van der Waals surface area contributed by atoms with E-state index in [1.54, 1.807) is 18.3 Å². The van der Waals surface area contributed by atoms with Gasteiger partial charge in [-0.15, -0.1) is 20.1 Å². The van der Waals surface area contributed by atoms with E-state index in [-0.39, 0.29) is 37.6 Å². The molecule has 1 saturated heterocycles. The summed E-state index contributed by atoms with van der Waals surface area (Å²) in [6, 6.07) is 8.41. The van der Waals surface area contributed by atoms with Crippen molar-refractivity contribution in [2.45, 2.75) is 49.5 Å². The summed E-state index contributed by atoms with van der Waals surface area (Å²) in [7, 11) is 0. The summed E-state index contributed by atoms with van der Waals surface area (Å²) in [6.45, 7) is 1.08. The summed E-state index contributed by atoms with van der Waals surface area (Å²) in [4.78, 5) is 20.8. The van der Waals surface area contributed by atoms with Crippen LogP contribution >= 0.6 is 22.9 Å². The third kappa shape index (κ3) is 4.60. The van der Waals surface area contributed by atoms with E-state index in [0.717, 1.165) is 4.88 Å². The molecule has 0 unspecified atom stereocenters. The molecule has 0 radical (unpaired) electrons. The predicted octanol–water partition coefficient (Wildman–Crippen LogP) is 5.75. The van der Waals surface area contributed by atoms with Crippen molar-refractivity contribution < 1.29 is 35.4 Å². The zero-order valence-corrected chi connectivity index (χ0v) is 21.0. The molecular formula is C26H26ClF3N2O4S. The van der Waals surface area contributed by atoms with E-state index in [0.29, 0.717) is 48.5 Å². The van der Waals surface area contributed by atoms with E-state index >= 15 is 0 Å². The smallest absolute Gasteiger partial charge is 0.395 e. The number of ether oxygens (including phenoxy) is 2. The molecule has 0 amide bonds. The van der Waals surface area contributed by atoms with Gasteiger partial charge < -0.3 is 14.6 Å². The maximum Gasteiger partial charge on any atom is 0.586 e. The first-order chi connectivity index (χ1) is 17.6. The number of carbonyl (C=O) groups excluding carboxylic acids is 1. The number of alkyl halides is 2. The van der Waals surface area contributed by atoms with Crippen LogP contribution in [0.25, 0.3) is 0 Å². The fourth-order valence-corrected chi connectivity index (χ4v) is 6.54. The number of ketones is 1. The molecular weight excluding hydrogens is 529 g/mol. The summed E-state index contributed by atoms with van der Waals surface area (Å²) < 4.78 is 49.6. The first-order valence-corrected chi connectivity index (χ1v) is 13.1. The highest BCUT2D eigenvalue weighted by molar-refractivity contribution is 7.11. The van der Waals surface area contributed by atoms with Crippen LogP contribution in [0.2, 0.25) is 5.02 Å². The molecule has 2 aliphatic heterocycles. The molecule has 3 heterocycles. The number of β-amino-alcohol motifs (C(OH)–C–C–N with tert-alkyl or cyclic N) is 1. The van der Waals surface area contributed by atoms with Crippen molar-refractivity contribution in [1.29, 1.82) is 0 Å². The zero-order chi connectivity index (χ0) is 25.9. The lowest BCUT2D eigenvalue weighted by molar-refractivity contribution is -0.286. The number of hydrogen-bond donors (Lipinski definition) is 1. The SMILES string of the molecule is O=C(Cc1ncc([C@H](c2ccc(F)cc2Cl)N2CC[C@@H](O)C2)s1)C1(c2ccc3c(c2)OC(F)(F)O3)CC1.[HH].[HH]. The van der Waals surface area contributed by atoms with Crippen LogP contribution in [-0.4, -0.2) is 46.3 Å². The highest BCUT2D eigenvalue weighted by Crippen LogP contribution is 2.53. The standard InChI is InChI=1S/C26H22ClF3N2O4S.2H2/c27-18-10-15(28)2-3-17(18)24(32-8-5-16(33)13-32)21-12-31-23(37-21)11-22(34)25(6-7-25)14-1-4-19-20(9-14)36-26(29,30)35-19;;/h1-4,9-10,12,16,24,33H,5-8,11,13H2;2*1H/t16-,24+;;/m1../s1. The van der Waals surface area contributed by atoms with E-state index < -0.39 is 23.6 Å². The molecule has 1 aliphatic carbocycles. The molecule has 6 nitrogen and oxygen atoms in total. The number of benzene rings is 2. The summed E-state index contributed by atoms with van der Waals surface area (Å²) in [5.41, 5.74) is 0.562. The van der Waals surface area contributed by atoms with Gasteiger partial charge in [-0.1, -0.05) is 23.7 Å². The normalized spacial score (nSPS) is 22.2. The van der Waals surface area contributed by atoms with Gasteiger partial charge in [0.15, 0.2) is 11.5 Å².